The van der Waals surface area contributed by atoms with Gasteiger partial charge in [0.1, 0.15) is 5.75 Å². The summed E-state index contributed by atoms with van der Waals surface area (Å²) in [5, 5.41) is 0. The van der Waals surface area contributed by atoms with Crippen molar-refractivity contribution in [2.75, 3.05) is 13.7 Å². The fourth-order valence-corrected chi connectivity index (χ4v) is 2.39. The van der Waals surface area contributed by atoms with E-state index in [0.29, 0.717) is 5.75 Å². The molecule has 100 valence electrons. The Balaban J connectivity index is 2.76. The number of ether oxygens (including phenoxy) is 1. The van der Waals surface area contributed by atoms with E-state index in [1.807, 2.05) is 0 Å². The molecule has 1 unspecified atom stereocenters. The van der Waals surface area contributed by atoms with Gasteiger partial charge in [0.05, 0.1) is 17.0 Å². The van der Waals surface area contributed by atoms with Crippen LogP contribution in [0.25, 0.3) is 0 Å². The zero-order valence-corrected chi connectivity index (χ0v) is 11.8. The van der Waals surface area contributed by atoms with Crippen LogP contribution in [0.15, 0.2) is 29.2 Å². The predicted molar refractivity (Wildman–Crippen MR) is 74.1 cm³/mol. The molecule has 1 rings (SSSR count). The molecule has 1 aromatic rings. The van der Waals surface area contributed by atoms with Crippen molar-refractivity contribution in [1.82, 2.24) is 4.72 Å². The summed E-state index contributed by atoms with van der Waals surface area (Å²) in [6.45, 7) is 1.95. The Morgan fingerprint density at radius 3 is 2.44 bits per heavy atom. The van der Waals surface area contributed by atoms with E-state index in [9.17, 15) is 8.42 Å². The van der Waals surface area contributed by atoms with Crippen LogP contribution >= 0.6 is 12.2 Å². The third-order valence-corrected chi connectivity index (χ3v) is 4.28. The van der Waals surface area contributed by atoms with Crippen molar-refractivity contribution >= 4 is 27.2 Å². The number of nitrogens with two attached hydrogens (primary N) is 1. The molecule has 3 N–H and O–H groups in total. The number of benzene rings is 1. The molecule has 1 aromatic carbocycles. The SMILES string of the molecule is COc1ccc(S(=O)(=O)NCC(C)C(N)=S)cc1. The van der Waals surface area contributed by atoms with Crippen molar-refractivity contribution in [2.45, 2.75) is 11.8 Å². The first-order valence-electron chi connectivity index (χ1n) is 5.30. The fraction of sp³-hybridized carbons (Fsp3) is 0.364. The normalized spacial score (nSPS) is 13.0. The number of rotatable bonds is 6. The Labute approximate surface area is 112 Å². The molecule has 0 fully saturated rings. The lowest BCUT2D eigenvalue weighted by molar-refractivity contribution is 0.414. The van der Waals surface area contributed by atoms with E-state index < -0.39 is 10.0 Å². The van der Waals surface area contributed by atoms with E-state index >= 15 is 0 Å². The molecule has 0 saturated heterocycles. The van der Waals surface area contributed by atoms with Gasteiger partial charge < -0.3 is 10.5 Å². The van der Waals surface area contributed by atoms with Crippen molar-refractivity contribution in [2.24, 2.45) is 11.7 Å². The molecule has 0 aromatic heterocycles. The van der Waals surface area contributed by atoms with Crippen molar-refractivity contribution in [3.8, 4) is 5.75 Å². The third-order valence-electron chi connectivity index (χ3n) is 2.43. The van der Waals surface area contributed by atoms with Crippen LogP contribution in [0.2, 0.25) is 0 Å². The highest BCUT2D eigenvalue weighted by Gasteiger charge is 2.15. The molecule has 1 atom stereocenters. The van der Waals surface area contributed by atoms with E-state index in [-0.39, 0.29) is 22.3 Å². The maximum Gasteiger partial charge on any atom is 0.240 e. The Morgan fingerprint density at radius 2 is 2.00 bits per heavy atom. The Kier molecular flexibility index (Phi) is 5.06. The van der Waals surface area contributed by atoms with Crippen molar-refractivity contribution in [3.63, 3.8) is 0 Å². The Bertz CT molecular complexity index is 512. The van der Waals surface area contributed by atoms with Gasteiger partial charge in [0.15, 0.2) is 0 Å². The first-order chi connectivity index (χ1) is 8.36. The van der Waals surface area contributed by atoms with Gasteiger partial charge in [0.2, 0.25) is 10.0 Å². The van der Waals surface area contributed by atoms with Gasteiger partial charge in [0.25, 0.3) is 0 Å². The van der Waals surface area contributed by atoms with Crippen LogP contribution in [0.4, 0.5) is 0 Å². The second-order valence-electron chi connectivity index (χ2n) is 3.83. The zero-order valence-electron chi connectivity index (χ0n) is 10.2. The molecule has 0 amide bonds. The minimum absolute atomic E-state index is 0.179. The average Bonchev–Trinajstić information content (AvgIpc) is 2.36. The van der Waals surface area contributed by atoms with Crippen LogP contribution in [0, 0.1) is 5.92 Å². The third kappa shape index (κ3) is 3.94. The summed E-state index contributed by atoms with van der Waals surface area (Å²) in [5.74, 6) is 0.415. The van der Waals surface area contributed by atoms with Gasteiger partial charge in [0, 0.05) is 12.5 Å². The van der Waals surface area contributed by atoms with E-state index in [2.05, 4.69) is 4.72 Å². The van der Waals surface area contributed by atoms with Gasteiger partial charge >= 0.3 is 0 Å². The number of hydrogen-bond donors (Lipinski definition) is 2. The summed E-state index contributed by atoms with van der Waals surface area (Å²) in [6, 6.07) is 6.14. The van der Waals surface area contributed by atoms with Gasteiger partial charge in [-0.15, -0.1) is 0 Å². The highest BCUT2D eigenvalue weighted by molar-refractivity contribution is 7.89. The second-order valence-corrected chi connectivity index (χ2v) is 6.07. The molecule has 0 radical (unpaired) electrons. The van der Waals surface area contributed by atoms with Crippen LogP contribution in [-0.4, -0.2) is 27.1 Å². The summed E-state index contributed by atoms with van der Waals surface area (Å²) in [4.78, 5) is 0.464. The summed E-state index contributed by atoms with van der Waals surface area (Å²) >= 11 is 4.78. The smallest absolute Gasteiger partial charge is 0.240 e. The number of sulfonamides is 1. The highest BCUT2D eigenvalue weighted by atomic mass is 32.2. The lowest BCUT2D eigenvalue weighted by atomic mass is 10.2. The summed E-state index contributed by atoms with van der Waals surface area (Å²) < 4.78 is 31.3. The summed E-state index contributed by atoms with van der Waals surface area (Å²) in [6.07, 6.45) is 0. The molecule has 0 spiro atoms. The molecular formula is C11H16N2O3S2. The maximum atomic E-state index is 11.9. The van der Waals surface area contributed by atoms with Crippen LogP contribution in [-0.2, 0) is 10.0 Å². The largest absolute Gasteiger partial charge is 0.497 e. The molecule has 18 heavy (non-hydrogen) atoms. The van der Waals surface area contributed by atoms with Crippen molar-refractivity contribution in [1.29, 1.82) is 0 Å². The number of nitrogens with one attached hydrogen (secondary N) is 1. The van der Waals surface area contributed by atoms with Gasteiger partial charge in [-0.2, -0.15) is 0 Å². The first kappa shape index (κ1) is 14.9. The minimum atomic E-state index is -3.53. The number of thiocarbonyl (C=S) groups is 1. The van der Waals surface area contributed by atoms with Crippen molar-refractivity contribution < 1.29 is 13.2 Å². The molecule has 0 aliphatic rings. The van der Waals surface area contributed by atoms with E-state index in [1.165, 1.54) is 19.2 Å². The Morgan fingerprint density at radius 1 is 1.44 bits per heavy atom. The van der Waals surface area contributed by atoms with Crippen LogP contribution < -0.4 is 15.2 Å². The topological polar surface area (TPSA) is 81.4 Å². The monoisotopic (exact) mass is 288 g/mol. The van der Waals surface area contributed by atoms with Gasteiger partial charge in [-0.25, -0.2) is 13.1 Å². The highest BCUT2D eigenvalue weighted by Crippen LogP contribution is 2.15. The van der Waals surface area contributed by atoms with E-state index in [4.69, 9.17) is 22.7 Å². The Hall–Kier alpha value is -1.18. The van der Waals surface area contributed by atoms with Gasteiger partial charge in [-0.1, -0.05) is 19.1 Å². The van der Waals surface area contributed by atoms with Gasteiger partial charge in [-0.3, -0.25) is 0 Å². The zero-order chi connectivity index (χ0) is 13.8. The van der Waals surface area contributed by atoms with Gasteiger partial charge in [-0.05, 0) is 24.3 Å². The molecule has 7 heteroatoms. The van der Waals surface area contributed by atoms with Crippen LogP contribution in [0.1, 0.15) is 6.92 Å². The summed E-state index contributed by atoms with van der Waals surface area (Å²) in [5.41, 5.74) is 5.42. The molecule has 0 bridgehead atoms. The van der Waals surface area contributed by atoms with Crippen LogP contribution in [0.5, 0.6) is 5.75 Å². The number of methoxy groups -OCH3 is 1. The molecule has 0 saturated carbocycles. The predicted octanol–water partition coefficient (Wildman–Crippen LogP) is 0.896. The molecule has 0 heterocycles. The fourth-order valence-electron chi connectivity index (χ4n) is 1.17. The minimum Gasteiger partial charge on any atom is -0.497 e. The first-order valence-corrected chi connectivity index (χ1v) is 7.19. The standard InChI is InChI=1S/C11H16N2O3S2/c1-8(11(12)17)7-13-18(14,15)10-5-3-9(16-2)4-6-10/h3-6,8,13H,7H2,1-2H3,(H2,12,17). The van der Waals surface area contributed by atoms with Crippen molar-refractivity contribution in [3.05, 3.63) is 24.3 Å². The quantitative estimate of drug-likeness (QED) is 0.760. The van der Waals surface area contributed by atoms with E-state index in [1.54, 1.807) is 19.1 Å². The lowest BCUT2D eigenvalue weighted by Gasteiger charge is -2.11. The maximum absolute atomic E-state index is 11.9. The van der Waals surface area contributed by atoms with E-state index in [0.717, 1.165) is 0 Å². The summed E-state index contributed by atoms with van der Waals surface area (Å²) in [7, 11) is -2.02. The second kappa shape index (κ2) is 6.12. The average molecular weight is 288 g/mol. The molecular weight excluding hydrogens is 272 g/mol. The lowest BCUT2D eigenvalue weighted by Crippen LogP contribution is -2.33. The molecule has 0 aliphatic carbocycles. The van der Waals surface area contributed by atoms with Crippen LogP contribution in [0.3, 0.4) is 0 Å². The molecule has 5 nitrogen and oxygen atoms in total. The number of hydrogen-bond acceptors (Lipinski definition) is 4. The molecule has 0 aliphatic heterocycles.